The summed E-state index contributed by atoms with van der Waals surface area (Å²) in [5.41, 5.74) is 1.27. The number of nitrogens with one attached hydrogen (secondary N) is 2. The van der Waals surface area contributed by atoms with Gasteiger partial charge in [0.1, 0.15) is 0 Å². The van der Waals surface area contributed by atoms with E-state index in [9.17, 15) is 4.79 Å². The maximum absolute atomic E-state index is 11.7. The lowest BCUT2D eigenvalue weighted by Gasteiger charge is -2.05. The molecule has 84 valence electrons. The number of halogens is 1. The highest BCUT2D eigenvalue weighted by Crippen LogP contribution is 2.23. The van der Waals surface area contributed by atoms with Crippen molar-refractivity contribution in [1.82, 2.24) is 15.4 Å². The lowest BCUT2D eigenvalue weighted by atomic mass is 10.2. The zero-order valence-electron chi connectivity index (χ0n) is 8.44. The Morgan fingerprint density at radius 2 is 2.35 bits per heavy atom. The third-order valence-corrected chi connectivity index (χ3v) is 2.65. The molecule has 1 aromatic heterocycles. The van der Waals surface area contributed by atoms with Crippen molar-refractivity contribution in [2.45, 2.75) is 0 Å². The van der Waals surface area contributed by atoms with Gasteiger partial charge in [0.2, 0.25) is 0 Å². The van der Waals surface area contributed by atoms with Gasteiger partial charge in [-0.25, -0.2) is 0 Å². The van der Waals surface area contributed by atoms with Crippen LogP contribution in [0, 0.1) is 11.3 Å². The van der Waals surface area contributed by atoms with Crippen molar-refractivity contribution in [3.05, 3.63) is 40.1 Å². The Hall–Kier alpha value is -2.20. The molecule has 2 rings (SSSR count). The number of amides is 1. The topological polar surface area (TPSA) is 94.5 Å². The molecule has 0 atom stereocenters. The largest absolute Gasteiger partial charge is 0.319 e. The van der Waals surface area contributed by atoms with E-state index in [2.05, 4.69) is 36.7 Å². The summed E-state index contributed by atoms with van der Waals surface area (Å²) in [6.07, 6.45) is 1.33. The van der Waals surface area contributed by atoms with Crippen LogP contribution in [0.15, 0.2) is 28.9 Å². The Morgan fingerprint density at radius 1 is 1.53 bits per heavy atom. The molecule has 1 amide bonds. The van der Waals surface area contributed by atoms with E-state index in [-0.39, 0.29) is 11.6 Å². The third-order valence-electron chi connectivity index (χ3n) is 1.99. The molecule has 0 spiro atoms. The number of nitrogens with zero attached hydrogens (tertiary/aromatic N) is 3. The summed E-state index contributed by atoms with van der Waals surface area (Å²) in [5.74, 6) is -0.371. The van der Waals surface area contributed by atoms with Crippen molar-refractivity contribution < 1.29 is 4.79 Å². The average Bonchev–Trinajstić information content (AvgIpc) is 2.85. The van der Waals surface area contributed by atoms with Crippen LogP contribution in [0.4, 0.5) is 5.69 Å². The number of rotatable bonds is 2. The molecule has 0 aliphatic heterocycles. The Kier molecular flexibility index (Phi) is 3.16. The molecule has 2 aromatic rings. The fourth-order valence-electron chi connectivity index (χ4n) is 1.18. The SMILES string of the molecule is N#Cc1ccc(NC(=O)c2cn[nH]n2)c(Br)c1. The van der Waals surface area contributed by atoms with Crippen molar-refractivity contribution in [3.63, 3.8) is 0 Å². The Bertz CT molecular complexity index is 587. The van der Waals surface area contributed by atoms with Crippen LogP contribution in [0.2, 0.25) is 0 Å². The van der Waals surface area contributed by atoms with E-state index in [4.69, 9.17) is 5.26 Å². The molecular weight excluding hydrogens is 286 g/mol. The molecule has 0 aliphatic rings. The monoisotopic (exact) mass is 291 g/mol. The number of hydrogen-bond acceptors (Lipinski definition) is 4. The first-order valence-corrected chi connectivity index (χ1v) is 5.37. The van der Waals surface area contributed by atoms with Crippen molar-refractivity contribution in [3.8, 4) is 6.07 Å². The van der Waals surface area contributed by atoms with Gasteiger partial charge in [-0.3, -0.25) is 4.79 Å². The Balaban J connectivity index is 2.20. The lowest BCUT2D eigenvalue weighted by molar-refractivity contribution is 0.102. The van der Waals surface area contributed by atoms with Crippen LogP contribution >= 0.6 is 15.9 Å². The first-order chi connectivity index (χ1) is 8.20. The fraction of sp³-hybridized carbons (Fsp3) is 0. The zero-order chi connectivity index (χ0) is 12.3. The van der Waals surface area contributed by atoms with Crippen LogP contribution in [-0.2, 0) is 0 Å². The second-order valence-electron chi connectivity index (χ2n) is 3.12. The van der Waals surface area contributed by atoms with Gasteiger partial charge in [0.15, 0.2) is 5.69 Å². The highest BCUT2D eigenvalue weighted by molar-refractivity contribution is 9.10. The second-order valence-corrected chi connectivity index (χ2v) is 3.97. The van der Waals surface area contributed by atoms with E-state index in [0.717, 1.165) is 0 Å². The molecule has 0 bridgehead atoms. The Morgan fingerprint density at radius 3 is 2.94 bits per heavy atom. The quantitative estimate of drug-likeness (QED) is 0.880. The van der Waals surface area contributed by atoms with Gasteiger partial charge < -0.3 is 5.32 Å². The normalized spacial score (nSPS) is 9.65. The van der Waals surface area contributed by atoms with Crippen molar-refractivity contribution in [1.29, 1.82) is 5.26 Å². The summed E-state index contributed by atoms with van der Waals surface area (Å²) in [6, 6.07) is 6.88. The minimum Gasteiger partial charge on any atom is -0.319 e. The number of benzene rings is 1. The van der Waals surface area contributed by atoms with Crippen molar-refractivity contribution in [2.75, 3.05) is 5.32 Å². The summed E-state index contributed by atoms with van der Waals surface area (Å²) in [6.45, 7) is 0. The first kappa shape index (κ1) is 11.3. The molecule has 7 heteroatoms. The van der Waals surface area contributed by atoms with E-state index in [1.54, 1.807) is 18.2 Å². The molecular formula is C10H6BrN5O. The van der Waals surface area contributed by atoms with Crippen molar-refractivity contribution in [2.24, 2.45) is 0 Å². The Labute approximate surface area is 105 Å². The number of nitriles is 1. The summed E-state index contributed by atoms with van der Waals surface area (Å²) in [7, 11) is 0. The number of carbonyl (C=O) groups excluding carboxylic acids is 1. The van der Waals surface area contributed by atoms with Crippen LogP contribution in [0.25, 0.3) is 0 Å². The molecule has 0 saturated heterocycles. The number of H-pyrrole nitrogens is 1. The van der Waals surface area contributed by atoms with Gasteiger partial charge >= 0.3 is 0 Å². The zero-order valence-corrected chi connectivity index (χ0v) is 10.0. The van der Waals surface area contributed by atoms with Gasteiger partial charge in [0.25, 0.3) is 5.91 Å². The highest BCUT2D eigenvalue weighted by atomic mass is 79.9. The summed E-state index contributed by atoms with van der Waals surface area (Å²) in [4.78, 5) is 11.7. The minimum atomic E-state index is -0.371. The van der Waals surface area contributed by atoms with Crippen LogP contribution in [0.3, 0.4) is 0 Å². The average molecular weight is 292 g/mol. The molecule has 0 radical (unpaired) electrons. The summed E-state index contributed by atoms with van der Waals surface area (Å²) < 4.78 is 0.633. The van der Waals surface area contributed by atoms with Gasteiger partial charge in [0.05, 0.1) is 23.5 Å². The van der Waals surface area contributed by atoms with E-state index >= 15 is 0 Å². The summed E-state index contributed by atoms with van der Waals surface area (Å²) >= 11 is 3.27. The molecule has 0 fully saturated rings. The predicted molar refractivity (Wildman–Crippen MR) is 63.2 cm³/mol. The molecule has 2 N–H and O–H groups in total. The maximum atomic E-state index is 11.7. The van der Waals surface area contributed by atoms with E-state index in [1.807, 2.05) is 6.07 Å². The molecule has 0 unspecified atom stereocenters. The van der Waals surface area contributed by atoms with Gasteiger partial charge in [0, 0.05) is 4.47 Å². The number of hydrogen-bond donors (Lipinski definition) is 2. The molecule has 0 aliphatic carbocycles. The molecule has 0 saturated carbocycles. The smallest absolute Gasteiger partial charge is 0.277 e. The number of carbonyl (C=O) groups is 1. The van der Waals surface area contributed by atoms with Crippen LogP contribution in [0.1, 0.15) is 16.1 Å². The summed E-state index contributed by atoms with van der Waals surface area (Å²) in [5, 5.41) is 20.9. The van der Waals surface area contributed by atoms with Gasteiger partial charge in [-0.1, -0.05) is 0 Å². The van der Waals surface area contributed by atoms with Crippen molar-refractivity contribution >= 4 is 27.5 Å². The number of aromatic nitrogens is 3. The fourth-order valence-corrected chi connectivity index (χ4v) is 1.66. The number of anilines is 1. The highest BCUT2D eigenvalue weighted by Gasteiger charge is 2.10. The first-order valence-electron chi connectivity index (χ1n) is 4.57. The van der Waals surface area contributed by atoms with Crippen LogP contribution < -0.4 is 5.32 Å². The van der Waals surface area contributed by atoms with Gasteiger partial charge in [-0.05, 0) is 34.1 Å². The van der Waals surface area contributed by atoms with Gasteiger partial charge in [-0.15, -0.1) is 0 Å². The predicted octanol–water partition coefficient (Wildman–Crippen LogP) is 1.69. The van der Waals surface area contributed by atoms with Gasteiger partial charge in [-0.2, -0.15) is 20.7 Å². The molecule has 17 heavy (non-hydrogen) atoms. The molecule has 1 heterocycles. The van der Waals surface area contributed by atoms with Crippen LogP contribution in [0.5, 0.6) is 0 Å². The molecule has 6 nitrogen and oxygen atoms in total. The molecule has 1 aromatic carbocycles. The van der Waals surface area contributed by atoms with Crippen LogP contribution in [-0.4, -0.2) is 21.3 Å². The minimum absolute atomic E-state index is 0.196. The second kappa shape index (κ2) is 4.76. The van der Waals surface area contributed by atoms with E-state index < -0.39 is 0 Å². The van der Waals surface area contributed by atoms with E-state index in [1.165, 1.54) is 6.20 Å². The maximum Gasteiger partial charge on any atom is 0.277 e. The standard InChI is InChI=1S/C10H6BrN5O/c11-7-3-6(4-12)1-2-8(7)14-10(17)9-5-13-16-15-9/h1-3,5H,(H,14,17)(H,13,15,16). The number of aromatic amines is 1. The lowest BCUT2D eigenvalue weighted by Crippen LogP contribution is -2.12. The third kappa shape index (κ3) is 2.49. The van der Waals surface area contributed by atoms with E-state index in [0.29, 0.717) is 15.7 Å².